The van der Waals surface area contributed by atoms with Gasteiger partial charge in [-0.3, -0.25) is 10.2 Å². The van der Waals surface area contributed by atoms with Crippen LogP contribution in [0, 0.1) is 0 Å². The molecule has 24 heavy (non-hydrogen) atoms. The van der Waals surface area contributed by atoms with Gasteiger partial charge in [0, 0.05) is 25.3 Å². The Bertz CT molecular complexity index is 558. The van der Waals surface area contributed by atoms with Crippen LogP contribution in [-0.4, -0.2) is 31.1 Å². The van der Waals surface area contributed by atoms with Crippen LogP contribution in [0.1, 0.15) is 38.2 Å². The van der Waals surface area contributed by atoms with Crippen LogP contribution in [0.25, 0.3) is 0 Å². The molecular formula is C17H27N5O2. The summed E-state index contributed by atoms with van der Waals surface area (Å²) >= 11 is 0. The average molecular weight is 333 g/mol. The van der Waals surface area contributed by atoms with Crippen LogP contribution >= 0.6 is 0 Å². The van der Waals surface area contributed by atoms with Gasteiger partial charge in [-0.25, -0.2) is 10.2 Å². The number of carbonyl (C=O) groups is 2. The summed E-state index contributed by atoms with van der Waals surface area (Å²) < 4.78 is 0. The molecule has 0 radical (unpaired) electrons. The van der Waals surface area contributed by atoms with Crippen LogP contribution in [0.5, 0.6) is 0 Å². The van der Waals surface area contributed by atoms with Gasteiger partial charge in [-0.2, -0.15) is 0 Å². The van der Waals surface area contributed by atoms with Crippen molar-refractivity contribution >= 4 is 17.6 Å². The van der Waals surface area contributed by atoms with Crippen LogP contribution in [0.3, 0.4) is 0 Å². The fraction of sp³-hybridized carbons (Fsp3) is 0.529. The zero-order valence-corrected chi connectivity index (χ0v) is 14.2. The molecule has 132 valence electrons. The number of nitrogens with one attached hydrogen (secondary N) is 3. The van der Waals surface area contributed by atoms with E-state index < -0.39 is 18.0 Å². The lowest BCUT2D eigenvalue weighted by Crippen LogP contribution is -2.51. The van der Waals surface area contributed by atoms with E-state index in [4.69, 9.17) is 5.73 Å². The van der Waals surface area contributed by atoms with Gasteiger partial charge >= 0.3 is 6.03 Å². The first-order chi connectivity index (χ1) is 11.6. The van der Waals surface area contributed by atoms with Gasteiger partial charge in [0.15, 0.2) is 0 Å². The lowest BCUT2D eigenvalue weighted by atomic mass is 10.1. The van der Waals surface area contributed by atoms with Crippen LogP contribution < -0.4 is 26.8 Å². The van der Waals surface area contributed by atoms with Gasteiger partial charge in [-0.1, -0.05) is 25.1 Å². The lowest BCUT2D eigenvalue weighted by Gasteiger charge is -2.30. The third-order valence-electron chi connectivity index (χ3n) is 4.20. The molecule has 2 rings (SSSR count). The van der Waals surface area contributed by atoms with Crippen LogP contribution in [0.15, 0.2) is 24.3 Å². The van der Waals surface area contributed by atoms with E-state index in [0.717, 1.165) is 24.3 Å². The van der Waals surface area contributed by atoms with Crippen LogP contribution in [-0.2, 0) is 11.3 Å². The second-order valence-corrected chi connectivity index (χ2v) is 5.99. The summed E-state index contributed by atoms with van der Waals surface area (Å²) in [5.41, 5.74) is 12.4. The maximum Gasteiger partial charge on any atom is 0.333 e. The summed E-state index contributed by atoms with van der Waals surface area (Å²) in [7, 11) is 0. The molecule has 1 saturated heterocycles. The van der Waals surface area contributed by atoms with Crippen molar-refractivity contribution in [1.29, 1.82) is 0 Å². The maximum atomic E-state index is 11.8. The summed E-state index contributed by atoms with van der Waals surface area (Å²) in [5, 5.41) is 2.76. The Kier molecular flexibility index (Phi) is 6.87. The van der Waals surface area contributed by atoms with E-state index >= 15 is 0 Å². The average Bonchev–Trinajstić information content (AvgIpc) is 2.64. The number of nitrogens with zero attached hydrogens (tertiary/aromatic N) is 1. The van der Waals surface area contributed by atoms with Crippen molar-refractivity contribution in [2.45, 2.75) is 45.2 Å². The zero-order valence-electron chi connectivity index (χ0n) is 14.2. The fourth-order valence-corrected chi connectivity index (χ4v) is 2.72. The van der Waals surface area contributed by atoms with Gasteiger partial charge in [-0.15, -0.1) is 0 Å². The third kappa shape index (κ3) is 5.13. The van der Waals surface area contributed by atoms with Gasteiger partial charge in [0.1, 0.15) is 0 Å². The van der Waals surface area contributed by atoms with E-state index in [2.05, 4.69) is 27.1 Å². The van der Waals surface area contributed by atoms with Gasteiger partial charge in [0.25, 0.3) is 5.91 Å². The van der Waals surface area contributed by atoms with Crippen molar-refractivity contribution in [2.24, 2.45) is 5.73 Å². The number of anilines is 1. The normalized spacial score (nSPS) is 15.5. The molecule has 0 aromatic heterocycles. The molecule has 1 aliphatic heterocycles. The largest absolute Gasteiger partial charge is 0.371 e. The lowest BCUT2D eigenvalue weighted by molar-refractivity contribution is -0.123. The van der Waals surface area contributed by atoms with Gasteiger partial charge < -0.3 is 16.0 Å². The molecule has 0 saturated carbocycles. The number of benzene rings is 1. The first-order valence-electron chi connectivity index (χ1n) is 8.54. The minimum Gasteiger partial charge on any atom is -0.371 e. The van der Waals surface area contributed by atoms with Crippen molar-refractivity contribution in [3.05, 3.63) is 29.8 Å². The van der Waals surface area contributed by atoms with E-state index in [9.17, 15) is 9.59 Å². The van der Waals surface area contributed by atoms with Gasteiger partial charge in [0.05, 0.1) is 6.04 Å². The number of carbonyl (C=O) groups excluding carboxylic acids is 2. The Morgan fingerprint density at radius 2 is 1.88 bits per heavy atom. The maximum absolute atomic E-state index is 11.8. The number of hydrazine groups is 1. The number of para-hydroxylation sites is 1. The monoisotopic (exact) mass is 333 g/mol. The molecule has 1 fully saturated rings. The van der Waals surface area contributed by atoms with E-state index in [-0.39, 0.29) is 0 Å². The Balaban J connectivity index is 1.85. The van der Waals surface area contributed by atoms with Crippen molar-refractivity contribution in [3.63, 3.8) is 0 Å². The van der Waals surface area contributed by atoms with Gasteiger partial charge in [0.2, 0.25) is 0 Å². The first kappa shape index (κ1) is 18.1. The number of urea groups is 1. The third-order valence-corrected chi connectivity index (χ3v) is 4.20. The molecule has 0 spiro atoms. The molecule has 1 aliphatic rings. The van der Waals surface area contributed by atoms with E-state index in [1.54, 1.807) is 0 Å². The molecule has 1 aromatic rings. The zero-order chi connectivity index (χ0) is 17.4. The van der Waals surface area contributed by atoms with Crippen LogP contribution in [0.2, 0.25) is 0 Å². The Morgan fingerprint density at radius 1 is 1.17 bits per heavy atom. The molecule has 1 atom stereocenters. The minimum atomic E-state index is -0.620. The van der Waals surface area contributed by atoms with Crippen LogP contribution in [0.4, 0.5) is 10.5 Å². The molecule has 0 aliphatic carbocycles. The Hall–Kier alpha value is -2.28. The van der Waals surface area contributed by atoms with Crippen molar-refractivity contribution in [3.8, 4) is 0 Å². The van der Waals surface area contributed by atoms with E-state index in [1.807, 2.05) is 25.1 Å². The second kappa shape index (κ2) is 9.12. The summed E-state index contributed by atoms with van der Waals surface area (Å²) in [6, 6.07) is 6.99. The summed E-state index contributed by atoms with van der Waals surface area (Å²) in [4.78, 5) is 25.7. The van der Waals surface area contributed by atoms with E-state index in [0.29, 0.717) is 13.0 Å². The standard InChI is InChI=1S/C17H27N5O2/c1-2-14(18)16(23)20-21-17(24)19-12-13-8-4-5-9-15(13)22-10-6-3-7-11-22/h4-5,8-9,14H,2-3,6-7,10-12,18H2,1H3,(H,20,23)(H2,19,21,24). The Morgan fingerprint density at radius 3 is 2.58 bits per heavy atom. The molecular weight excluding hydrogens is 306 g/mol. The highest BCUT2D eigenvalue weighted by Crippen LogP contribution is 2.23. The van der Waals surface area contributed by atoms with Crippen molar-refractivity contribution < 1.29 is 9.59 Å². The smallest absolute Gasteiger partial charge is 0.333 e. The Labute approximate surface area is 142 Å². The topological polar surface area (TPSA) is 99.5 Å². The highest BCUT2D eigenvalue weighted by atomic mass is 16.2. The first-order valence-corrected chi connectivity index (χ1v) is 8.54. The predicted octanol–water partition coefficient (Wildman–Crippen LogP) is 1.24. The molecule has 0 bridgehead atoms. The summed E-state index contributed by atoms with van der Waals surface area (Å²) in [5.74, 6) is -0.402. The fourth-order valence-electron chi connectivity index (χ4n) is 2.72. The molecule has 7 nitrogen and oxygen atoms in total. The molecule has 1 heterocycles. The number of hydrogen-bond donors (Lipinski definition) is 4. The quantitative estimate of drug-likeness (QED) is 0.609. The highest BCUT2D eigenvalue weighted by molar-refractivity contribution is 5.84. The number of piperidine rings is 1. The highest BCUT2D eigenvalue weighted by Gasteiger charge is 2.15. The molecule has 3 amide bonds. The molecule has 7 heteroatoms. The van der Waals surface area contributed by atoms with Gasteiger partial charge in [-0.05, 0) is 37.3 Å². The van der Waals surface area contributed by atoms with E-state index in [1.165, 1.54) is 19.3 Å². The summed E-state index contributed by atoms with van der Waals surface area (Å²) in [6.07, 6.45) is 4.19. The van der Waals surface area contributed by atoms with Crippen molar-refractivity contribution in [1.82, 2.24) is 16.2 Å². The predicted molar refractivity (Wildman–Crippen MR) is 94.3 cm³/mol. The molecule has 1 unspecified atom stereocenters. The van der Waals surface area contributed by atoms with Crippen molar-refractivity contribution in [2.75, 3.05) is 18.0 Å². The summed E-state index contributed by atoms with van der Waals surface area (Å²) in [6.45, 7) is 4.30. The molecule has 1 aromatic carbocycles. The number of rotatable bonds is 5. The molecule has 5 N–H and O–H groups in total. The SMILES string of the molecule is CCC(N)C(=O)NNC(=O)NCc1ccccc1N1CCCCC1. The number of amides is 3. The number of nitrogens with two attached hydrogens (primary N) is 1. The minimum absolute atomic E-state index is 0.397. The second-order valence-electron chi connectivity index (χ2n) is 5.99. The number of hydrogen-bond acceptors (Lipinski definition) is 4.